The molecule has 0 spiro atoms. The molecule has 58 valence electrons. The molecule has 0 saturated heterocycles. The van der Waals surface area contributed by atoms with Gasteiger partial charge >= 0.3 is 0 Å². The zero-order chi connectivity index (χ0) is 7.83. The first-order valence-corrected chi connectivity index (χ1v) is 3.46. The first-order valence-electron chi connectivity index (χ1n) is 3.46. The summed E-state index contributed by atoms with van der Waals surface area (Å²) in [5.41, 5.74) is -1.11. The van der Waals surface area contributed by atoms with Crippen LogP contribution >= 0.6 is 0 Å². The van der Waals surface area contributed by atoms with Crippen LogP contribution in [0.15, 0.2) is 0 Å². The van der Waals surface area contributed by atoms with E-state index in [2.05, 4.69) is 5.32 Å². The number of hydrogen-bond acceptors (Lipinski definition) is 2. The van der Waals surface area contributed by atoms with Crippen molar-refractivity contribution in [1.29, 1.82) is 0 Å². The van der Waals surface area contributed by atoms with Crippen molar-refractivity contribution in [3.8, 4) is 0 Å². The van der Waals surface area contributed by atoms with Crippen molar-refractivity contribution in [3.05, 3.63) is 0 Å². The Labute approximate surface area is 60.4 Å². The molecule has 0 radical (unpaired) electrons. The molecule has 0 atom stereocenters. The van der Waals surface area contributed by atoms with Gasteiger partial charge in [-0.3, -0.25) is 4.79 Å². The lowest BCUT2D eigenvalue weighted by atomic mass is 9.97. The van der Waals surface area contributed by atoms with Gasteiger partial charge in [-0.25, -0.2) is 0 Å². The molecule has 1 saturated carbocycles. The molecule has 1 aliphatic rings. The number of aliphatic hydroxyl groups is 1. The summed E-state index contributed by atoms with van der Waals surface area (Å²) in [7, 11) is 0. The molecule has 3 nitrogen and oxygen atoms in total. The summed E-state index contributed by atoms with van der Waals surface area (Å²) < 4.78 is 0. The smallest absolute Gasteiger partial charge is 0.207 e. The molecule has 2 N–H and O–H groups in total. The van der Waals surface area contributed by atoms with E-state index < -0.39 is 5.60 Å². The fraction of sp³-hybridized carbons (Fsp3) is 0.857. The lowest BCUT2D eigenvalue weighted by molar-refractivity contribution is -0.112. The highest BCUT2D eigenvalue weighted by molar-refractivity contribution is 5.50. The fourth-order valence-corrected chi connectivity index (χ4v) is 1.17. The van der Waals surface area contributed by atoms with Gasteiger partial charge in [-0.1, -0.05) is 0 Å². The molecule has 1 rings (SSSR count). The summed E-state index contributed by atoms with van der Waals surface area (Å²) in [4.78, 5) is 10.1. The van der Waals surface area contributed by atoms with E-state index in [1.807, 2.05) is 0 Å². The molecule has 0 aromatic rings. The summed E-state index contributed by atoms with van der Waals surface area (Å²) in [6.45, 7) is 3.44. The maximum atomic E-state index is 10.1. The Balaban J connectivity index is 2.60. The molecule has 10 heavy (non-hydrogen) atoms. The molecular formula is C7H13NO2. The maximum absolute atomic E-state index is 10.1. The van der Waals surface area contributed by atoms with Gasteiger partial charge in [0.05, 0.1) is 11.1 Å². The molecule has 0 unspecified atom stereocenters. The Kier molecular flexibility index (Phi) is 1.47. The van der Waals surface area contributed by atoms with Crippen LogP contribution in [0.5, 0.6) is 0 Å². The van der Waals surface area contributed by atoms with Gasteiger partial charge < -0.3 is 10.4 Å². The third-order valence-corrected chi connectivity index (χ3v) is 2.26. The fourth-order valence-electron chi connectivity index (χ4n) is 1.17. The third-order valence-electron chi connectivity index (χ3n) is 2.26. The maximum Gasteiger partial charge on any atom is 0.207 e. The molecule has 0 bridgehead atoms. The van der Waals surface area contributed by atoms with Gasteiger partial charge in [0.2, 0.25) is 6.41 Å². The van der Waals surface area contributed by atoms with Crippen LogP contribution in [0.3, 0.4) is 0 Å². The second-order valence-electron chi connectivity index (χ2n) is 3.40. The Morgan fingerprint density at radius 1 is 1.60 bits per heavy atom. The quantitative estimate of drug-likeness (QED) is 0.548. The predicted octanol–water partition coefficient (Wildman–Crippen LogP) is 0.0359. The van der Waals surface area contributed by atoms with E-state index in [1.54, 1.807) is 13.8 Å². The Hall–Kier alpha value is -0.570. The number of hydrogen-bond donors (Lipinski definition) is 2. The first kappa shape index (κ1) is 7.54. The first-order chi connectivity index (χ1) is 4.52. The number of carbonyl (C=O) groups excluding carboxylic acids is 1. The minimum atomic E-state index is -0.784. The molecule has 3 heteroatoms. The van der Waals surface area contributed by atoms with E-state index in [1.165, 1.54) is 0 Å². The van der Waals surface area contributed by atoms with Gasteiger partial charge in [0.25, 0.3) is 0 Å². The minimum absolute atomic E-state index is 0.325. The highest BCUT2D eigenvalue weighted by atomic mass is 16.3. The molecule has 0 heterocycles. The Morgan fingerprint density at radius 3 is 2.20 bits per heavy atom. The van der Waals surface area contributed by atoms with Crippen molar-refractivity contribution >= 4 is 6.41 Å². The second-order valence-corrected chi connectivity index (χ2v) is 3.40. The van der Waals surface area contributed by atoms with Crippen LogP contribution in [0.25, 0.3) is 0 Å². The van der Waals surface area contributed by atoms with E-state index in [0.717, 1.165) is 12.8 Å². The monoisotopic (exact) mass is 143 g/mol. The molecule has 1 amide bonds. The number of nitrogens with one attached hydrogen (secondary N) is 1. The average molecular weight is 143 g/mol. The average Bonchev–Trinajstić information content (AvgIpc) is 2.45. The van der Waals surface area contributed by atoms with Crippen LogP contribution in [-0.4, -0.2) is 22.7 Å². The summed E-state index contributed by atoms with van der Waals surface area (Å²) in [6, 6.07) is 0. The lowest BCUT2D eigenvalue weighted by Crippen LogP contribution is -2.48. The standard InChI is InChI=1S/C7H13NO2/c1-6(2,10)7(3-4-7)8-5-9/h5,10H,3-4H2,1-2H3,(H,8,9). The summed E-state index contributed by atoms with van der Waals surface area (Å²) in [6.07, 6.45) is 2.43. The Bertz CT molecular complexity index is 144. The topological polar surface area (TPSA) is 49.3 Å². The van der Waals surface area contributed by atoms with E-state index in [0.29, 0.717) is 6.41 Å². The third kappa shape index (κ3) is 1.01. The number of carbonyl (C=O) groups is 1. The normalized spacial score (nSPS) is 21.9. The van der Waals surface area contributed by atoms with Crippen LogP contribution < -0.4 is 5.32 Å². The zero-order valence-corrected chi connectivity index (χ0v) is 6.35. The molecule has 0 aromatic carbocycles. The van der Waals surface area contributed by atoms with Crippen LogP contribution in [0.2, 0.25) is 0 Å². The van der Waals surface area contributed by atoms with Crippen LogP contribution in [0.4, 0.5) is 0 Å². The van der Waals surface area contributed by atoms with Gasteiger partial charge in [0.1, 0.15) is 0 Å². The van der Waals surface area contributed by atoms with Crippen molar-refractivity contribution in [2.24, 2.45) is 0 Å². The zero-order valence-electron chi connectivity index (χ0n) is 6.35. The van der Waals surface area contributed by atoms with Gasteiger partial charge in [-0.15, -0.1) is 0 Å². The predicted molar refractivity (Wildman–Crippen MR) is 37.5 cm³/mol. The lowest BCUT2D eigenvalue weighted by Gasteiger charge is -2.28. The van der Waals surface area contributed by atoms with Crippen molar-refractivity contribution in [3.63, 3.8) is 0 Å². The largest absolute Gasteiger partial charge is 0.388 e. The van der Waals surface area contributed by atoms with E-state index in [-0.39, 0.29) is 5.54 Å². The van der Waals surface area contributed by atoms with Gasteiger partial charge in [-0.2, -0.15) is 0 Å². The van der Waals surface area contributed by atoms with E-state index in [4.69, 9.17) is 0 Å². The highest BCUT2D eigenvalue weighted by Crippen LogP contribution is 2.43. The molecule has 0 aliphatic heterocycles. The van der Waals surface area contributed by atoms with Crippen molar-refractivity contribution in [2.75, 3.05) is 0 Å². The summed E-state index contributed by atoms with van der Waals surface area (Å²) in [5.74, 6) is 0. The second kappa shape index (κ2) is 1.95. The van der Waals surface area contributed by atoms with Crippen molar-refractivity contribution in [1.82, 2.24) is 5.32 Å². The van der Waals surface area contributed by atoms with Crippen LogP contribution in [0, 0.1) is 0 Å². The minimum Gasteiger partial charge on any atom is -0.388 e. The van der Waals surface area contributed by atoms with E-state index >= 15 is 0 Å². The van der Waals surface area contributed by atoms with Crippen LogP contribution in [-0.2, 0) is 4.79 Å². The number of amides is 1. The molecule has 0 aromatic heterocycles. The number of rotatable bonds is 3. The summed E-state index contributed by atoms with van der Waals surface area (Å²) >= 11 is 0. The van der Waals surface area contributed by atoms with Gasteiger partial charge in [0.15, 0.2) is 0 Å². The summed E-state index contributed by atoms with van der Waals surface area (Å²) in [5, 5.41) is 12.2. The van der Waals surface area contributed by atoms with Crippen LogP contribution in [0.1, 0.15) is 26.7 Å². The van der Waals surface area contributed by atoms with Gasteiger partial charge in [-0.05, 0) is 26.7 Å². The molecular weight excluding hydrogens is 130 g/mol. The van der Waals surface area contributed by atoms with Crippen molar-refractivity contribution < 1.29 is 9.90 Å². The van der Waals surface area contributed by atoms with Crippen molar-refractivity contribution in [2.45, 2.75) is 37.8 Å². The SMILES string of the molecule is CC(C)(O)C1(NC=O)CC1. The molecule has 1 fully saturated rings. The Morgan fingerprint density at radius 2 is 2.10 bits per heavy atom. The highest BCUT2D eigenvalue weighted by Gasteiger charge is 2.53. The van der Waals surface area contributed by atoms with Gasteiger partial charge in [0, 0.05) is 0 Å². The van der Waals surface area contributed by atoms with E-state index in [9.17, 15) is 9.90 Å². The molecule has 1 aliphatic carbocycles.